The van der Waals surface area contributed by atoms with Gasteiger partial charge in [0.1, 0.15) is 5.01 Å². The van der Waals surface area contributed by atoms with Crippen LogP contribution in [0.1, 0.15) is 36.5 Å². The molecule has 0 spiro atoms. The molecule has 16 heavy (non-hydrogen) atoms. The maximum atomic E-state index is 5.57. The van der Waals surface area contributed by atoms with Crippen LogP contribution in [0.4, 0.5) is 0 Å². The van der Waals surface area contributed by atoms with Crippen LogP contribution in [-0.4, -0.2) is 24.7 Å². The van der Waals surface area contributed by atoms with Crippen molar-refractivity contribution < 1.29 is 4.74 Å². The predicted molar refractivity (Wildman–Crippen MR) is 66.8 cm³/mol. The minimum Gasteiger partial charge on any atom is -0.381 e. The Kier molecular flexibility index (Phi) is 4.32. The molecule has 2 rings (SSSR count). The summed E-state index contributed by atoms with van der Waals surface area (Å²) in [5.41, 5.74) is 1.12. The zero-order valence-electron chi connectivity index (χ0n) is 10.0. The van der Waals surface area contributed by atoms with Crippen LogP contribution in [0.5, 0.6) is 0 Å². The third-order valence-electron chi connectivity index (χ3n) is 2.99. The van der Waals surface area contributed by atoms with Crippen LogP contribution >= 0.6 is 11.3 Å². The first-order valence-corrected chi connectivity index (χ1v) is 6.92. The van der Waals surface area contributed by atoms with Gasteiger partial charge in [-0.25, -0.2) is 4.98 Å². The molecule has 1 aromatic rings. The van der Waals surface area contributed by atoms with Crippen LogP contribution in [0.2, 0.25) is 0 Å². The predicted octanol–water partition coefficient (Wildman–Crippen LogP) is 2.53. The molecule has 2 heterocycles. The maximum Gasteiger partial charge on any atom is 0.110 e. The zero-order chi connectivity index (χ0) is 11.4. The van der Waals surface area contributed by atoms with Gasteiger partial charge in [-0.15, -0.1) is 11.3 Å². The number of nitrogens with zero attached hydrogens (tertiary/aromatic N) is 1. The van der Waals surface area contributed by atoms with Crippen LogP contribution in [0.15, 0.2) is 5.38 Å². The highest BCUT2D eigenvalue weighted by Crippen LogP contribution is 2.30. The lowest BCUT2D eigenvalue weighted by molar-refractivity contribution is 0.0392. The molecule has 0 aliphatic carbocycles. The van der Waals surface area contributed by atoms with E-state index in [1.54, 1.807) is 11.3 Å². The van der Waals surface area contributed by atoms with E-state index in [0.717, 1.165) is 25.5 Å². The van der Waals surface area contributed by atoms with Crippen molar-refractivity contribution in [1.29, 1.82) is 0 Å². The van der Waals surface area contributed by atoms with E-state index in [0.29, 0.717) is 12.0 Å². The summed E-state index contributed by atoms with van der Waals surface area (Å²) in [6.45, 7) is 6.99. The van der Waals surface area contributed by atoms with Crippen molar-refractivity contribution in [2.45, 2.75) is 32.7 Å². The average Bonchev–Trinajstić information content (AvgIpc) is 2.74. The molecule has 1 aliphatic heterocycles. The lowest BCUT2D eigenvalue weighted by atomic mass is 9.94. The first-order valence-electron chi connectivity index (χ1n) is 6.04. The number of aryl methyl sites for hydroxylation is 1. The van der Waals surface area contributed by atoms with Crippen molar-refractivity contribution in [3.05, 3.63) is 16.1 Å². The van der Waals surface area contributed by atoms with Crippen LogP contribution < -0.4 is 5.32 Å². The van der Waals surface area contributed by atoms with Crippen LogP contribution in [0, 0.1) is 12.8 Å². The summed E-state index contributed by atoms with van der Waals surface area (Å²) in [7, 11) is 0. The Bertz CT molecular complexity index is 321. The second kappa shape index (κ2) is 5.75. The Morgan fingerprint density at radius 3 is 3.12 bits per heavy atom. The van der Waals surface area contributed by atoms with Crippen LogP contribution in [0.3, 0.4) is 0 Å². The second-order valence-corrected chi connectivity index (χ2v) is 5.23. The first kappa shape index (κ1) is 12.0. The fraction of sp³-hybridized carbons (Fsp3) is 0.750. The topological polar surface area (TPSA) is 34.2 Å². The molecule has 1 aromatic heterocycles. The van der Waals surface area contributed by atoms with Crippen LogP contribution in [-0.2, 0) is 4.74 Å². The molecule has 0 bridgehead atoms. The summed E-state index contributed by atoms with van der Waals surface area (Å²) in [4.78, 5) is 4.61. The van der Waals surface area contributed by atoms with Gasteiger partial charge in [0.15, 0.2) is 0 Å². The van der Waals surface area contributed by atoms with E-state index in [-0.39, 0.29) is 0 Å². The summed E-state index contributed by atoms with van der Waals surface area (Å²) in [6, 6.07) is 0.379. The third-order valence-corrected chi connectivity index (χ3v) is 4.04. The monoisotopic (exact) mass is 240 g/mol. The van der Waals surface area contributed by atoms with E-state index >= 15 is 0 Å². The van der Waals surface area contributed by atoms with Gasteiger partial charge in [-0.2, -0.15) is 0 Å². The maximum absolute atomic E-state index is 5.57. The minimum atomic E-state index is 0.379. The number of ether oxygens (including phenoxy) is 1. The molecule has 0 aromatic carbocycles. The fourth-order valence-corrected chi connectivity index (χ4v) is 3.18. The average molecular weight is 240 g/mol. The number of thiazole rings is 1. The van der Waals surface area contributed by atoms with Crippen molar-refractivity contribution >= 4 is 11.3 Å². The van der Waals surface area contributed by atoms with Gasteiger partial charge in [0, 0.05) is 23.6 Å². The summed E-state index contributed by atoms with van der Waals surface area (Å²) in [6.07, 6.45) is 2.42. The molecule has 4 heteroatoms. The van der Waals surface area contributed by atoms with E-state index < -0.39 is 0 Å². The SMILES string of the molecule is CCNC(c1nc(C)cs1)C1CCCOC1. The minimum absolute atomic E-state index is 0.379. The smallest absolute Gasteiger partial charge is 0.110 e. The zero-order valence-corrected chi connectivity index (χ0v) is 10.8. The highest BCUT2D eigenvalue weighted by Gasteiger charge is 2.26. The molecule has 0 amide bonds. The van der Waals surface area contributed by atoms with E-state index in [9.17, 15) is 0 Å². The van der Waals surface area contributed by atoms with Crippen molar-refractivity contribution in [2.75, 3.05) is 19.8 Å². The lowest BCUT2D eigenvalue weighted by Crippen LogP contribution is -2.33. The van der Waals surface area contributed by atoms with Gasteiger partial charge in [-0.05, 0) is 26.3 Å². The Morgan fingerprint density at radius 2 is 2.56 bits per heavy atom. The van der Waals surface area contributed by atoms with Crippen molar-refractivity contribution in [2.24, 2.45) is 5.92 Å². The van der Waals surface area contributed by atoms with Gasteiger partial charge in [-0.1, -0.05) is 6.92 Å². The van der Waals surface area contributed by atoms with Gasteiger partial charge in [-0.3, -0.25) is 0 Å². The highest BCUT2D eigenvalue weighted by molar-refractivity contribution is 7.09. The highest BCUT2D eigenvalue weighted by atomic mass is 32.1. The van der Waals surface area contributed by atoms with Gasteiger partial charge in [0.25, 0.3) is 0 Å². The van der Waals surface area contributed by atoms with Gasteiger partial charge < -0.3 is 10.1 Å². The molecule has 0 radical (unpaired) electrons. The molecular weight excluding hydrogens is 220 g/mol. The molecule has 1 saturated heterocycles. The quantitative estimate of drug-likeness (QED) is 0.878. The Morgan fingerprint density at radius 1 is 1.69 bits per heavy atom. The number of nitrogens with one attached hydrogen (secondary N) is 1. The van der Waals surface area contributed by atoms with Gasteiger partial charge in [0.2, 0.25) is 0 Å². The third kappa shape index (κ3) is 2.81. The lowest BCUT2D eigenvalue weighted by Gasteiger charge is -2.29. The molecule has 0 saturated carbocycles. The Hall–Kier alpha value is -0.450. The molecule has 90 valence electrons. The van der Waals surface area contributed by atoms with Crippen molar-refractivity contribution in [1.82, 2.24) is 10.3 Å². The molecule has 3 nitrogen and oxygen atoms in total. The number of rotatable bonds is 4. The summed E-state index contributed by atoms with van der Waals surface area (Å²) >= 11 is 1.76. The molecular formula is C12H20N2OS. The van der Waals surface area contributed by atoms with E-state index in [1.807, 2.05) is 0 Å². The summed E-state index contributed by atoms with van der Waals surface area (Å²) < 4.78 is 5.57. The molecule has 1 fully saturated rings. The largest absolute Gasteiger partial charge is 0.381 e. The van der Waals surface area contributed by atoms with Crippen LogP contribution in [0.25, 0.3) is 0 Å². The van der Waals surface area contributed by atoms with Gasteiger partial charge >= 0.3 is 0 Å². The standard InChI is InChI=1S/C12H20N2OS/c1-3-13-11(10-5-4-6-15-7-10)12-14-9(2)8-16-12/h8,10-11,13H,3-7H2,1-2H3. The van der Waals surface area contributed by atoms with E-state index in [1.165, 1.54) is 17.8 Å². The Labute approximate surface area is 101 Å². The normalized spacial score (nSPS) is 23.2. The fourth-order valence-electron chi connectivity index (χ4n) is 2.22. The van der Waals surface area contributed by atoms with E-state index in [2.05, 4.69) is 29.5 Å². The number of aromatic nitrogens is 1. The summed E-state index contributed by atoms with van der Waals surface area (Å²) in [5.74, 6) is 0.583. The van der Waals surface area contributed by atoms with Crippen molar-refractivity contribution in [3.8, 4) is 0 Å². The molecule has 2 unspecified atom stereocenters. The first-order chi connectivity index (χ1) is 7.81. The summed E-state index contributed by atoms with van der Waals surface area (Å²) in [5, 5.41) is 6.90. The molecule has 1 aliphatic rings. The number of hydrogen-bond acceptors (Lipinski definition) is 4. The van der Waals surface area contributed by atoms with Crippen molar-refractivity contribution in [3.63, 3.8) is 0 Å². The number of hydrogen-bond donors (Lipinski definition) is 1. The van der Waals surface area contributed by atoms with Gasteiger partial charge in [0.05, 0.1) is 12.6 Å². The van der Waals surface area contributed by atoms with E-state index in [4.69, 9.17) is 4.74 Å². The second-order valence-electron chi connectivity index (χ2n) is 4.34. The Balaban J connectivity index is 2.09. The molecule has 2 atom stereocenters. The molecule has 1 N–H and O–H groups in total.